The van der Waals surface area contributed by atoms with Crippen molar-refractivity contribution in [2.75, 3.05) is 6.54 Å². The lowest BCUT2D eigenvalue weighted by atomic mass is 10.1. The van der Waals surface area contributed by atoms with Gasteiger partial charge in [0.1, 0.15) is 6.61 Å². The molecule has 1 aliphatic rings. The molecule has 0 unspecified atom stereocenters. The summed E-state index contributed by atoms with van der Waals surface area (Å²) >= 11 is 0. The van der Waals surface area contributed by atoms with Gasteiger partial charge in [-0.25, -0.2) is 9.78 Å². The summed E-state index contributed by atoms with van der Waals surface area (Å²) in [5.74, 6) is 0. The van der Waals surface area contributed by atoms with Crippen LogP contribution >= 0.6 is 0 Å². The van der Waals surface area contributed by atoms with Gasteiger partial charge in [0, 0.05) is 13.0 Å². The number of carbonyl (C=O) groups excluding carboxylic acids is 1. The Kier molecular flexibility index (Phi) is 3.64. The van der Waals surface area contributed by atoms with Gasteiger partial charge >= 0.3 is 6.09 Å². The van der Waals surface area contributed by atoms with Crippen LogP contribution in [0.1, 0.15) is 28.1 Å². The maximum atomic E-state index is 12.2. The number of aromatic nitrogens is 2. The Hall–Kier alpha value is -2.30. The Morgan fingerprint density at radius 3 is 3.10 bits per heavy atom. The predicted octanol–water partition coefficient (Wildman–Crippen LogP) is 2.72. The second-order valence-corrected chi connectivity index (χ2v) is 5.48. The highest BCUT2D eigenvalue weighted by molar-refractivity contribution is 5.68. The first-order valence-corrected chi connectivity index (χ1v) is 7.12. The molecule has 0 radical (unpaired) electrons. The van der Waals surface area contributed by atoms with Gasteiger partial charge in [-0.2, -0.15) is 0 Å². The van der Waals surface area contributed by atoms with Crippen LogP contribution in [0.25, 0.3) is 0 Å². The molecule has 0 fully saturated rings. The minimum atomic E-state index is -0.268. The normalized spacial score (nSPS) is 13.9. The van der Waals surface area contributed by atoms with Gasteiger partial charge in [0.15, 0.2) is 0 Å². The Labute approximate surface area is 124 Å². The number of rotatable bonds is 2. The number of carbonyl (C=O) groups is 1. The quantitative estimate of drug-likeness (QED) is 0.923. The fourth-order valence-corrected chi connectivity index (χ4v) is 2.61. The number of benzene rings is 1. The number of ether oxygens (including phenoxy) is 1. The zero-order valence-electron chi connectivity index (χ0n) is 12.3. The summed E-state index contributed by atoms with van der Waals surface area (Å²) in [6.45, 7) is 5.61. The predicted molar refractivity (Wildman–Crippen MR) is 78.8 cm³/mol. The molecule has 0 saturated heterocycles. The van der Waals surface area contributed by atoms with Gasteiger partial charge in [0.25, 0.3) is 0 Å². The SMILES string of the molecule is Cc1ccc(COC(=O)N2CCc3nc[nH]c3C2)c(C)c1. The maximum absolute atomic E-state index is 12.2. The Bertz CT molecular complexity index is 663. The minimum Gasteiger partial charge on any atom is -0.445 e. The summed E-state index contributed by atoms with van der Waals surface area (Å²) < 4.78 is 5.43. The number of fused-ring (bicyclic) bond motifs is 1. The number of hydrogen-bond acceptors (Lipinski definition) is 3. The van der Waals surface area contributed by atoms with Crippen LogP contribution in [0.4, 0.5) is 4.79 Å². The lowest BCUT2D eigenvalue weighted by Gasteiger charge is -2.25. The molecular formula is C16H19N3O2. The summed E-state index contributed by atoms with van der Waals surface area (Å²) in [6.07, 6.45) is 2.18. The van der Waals surface area contributed by atoms with Crippen molar-refractivity contribution in [3.8, 4) is 0 Å². The summed E-state index contributed by atoms with van der Waals surface area (Å²) in [6, 6.07) is 6.15. The molecule has 2 heterocycles. The van der Waals surface area contributed by atoms with Gasteiger partial charge in [-0.05, 0) is 25.0 Å². The van der Waals surface area contributed by atoms with Gasteiger partial charge in [-0.15, -0.1) is 0 Å². The average molecular weight is 285 g/mol. The van der Waals surface area contributed by atoms with Crippen LogP contribution in [0.5, 0.6) is 0 Å². The number of hydrogen-bond donors (Lipinski definition) is 1. The minimum absolute atomic E-state index is 0.268. The smallest absolute Gasteiger partial charge is 0.410 e. The lowest BCUT2D eigenvalue weighted by Crippen LogP contribution is -2.36. The Balaban J connectivity index is 1.60. The van der Waals surface area contributed by atoms with E-state index in [9.17, 15) is 4.79 Å². The largest absolute Gasteiger partial charge is 0.445 e. The number of amides is 1. The fourth-order valence-electron chi connectivity index (χ4n) is 2.61. The first-order valence-electron chi connectivity index (χ1n) is 7.12. The second-order valence-electron chi connectivity index (χ2n) is 5.48. The first kappa shape index (κ1) is 13.7. The van der Waals surface area contributed by atoms with Crippen molar-refractivity contribution in [3.63, 3.8) is 0 Å². The molecule has 0 bridgehead atoms. The number of nitrogens with one attached hydrogen (secondary N) is 1. The highest BCUT2D eigenvalue weighted by atomic mass is 16.6. The van der Waals surface area contributed by atoms with Crippen molar-refractivity contribution in [1.82, 2.24) is 14.9 Å². The van der Waals surface area contributed by atoms with Crippen molar-refractivity contribution in [2.45, 2.75) is 33.4 Å². The number of imidazole rings is 1. The second kappa shape index (κ2) is 5.60. The number of aromatic amines is 1. The lowest BCUT2D eigenvalue weighted by molar-refractivity contribution is 0.0911. The van der Waals surface area contributed by atoms with Gasteiger partial charge in [0.05, 0.1) is 24.3 Å². The number of aryl methyl sites for hydroxylation is 2. The van der Waals surface area contributed by atoms with Crippen LogP contribution in [0, 0.1) is 13.8 Å². The monoisotopic (exact) mass is 285 g/mol. The van der Waals surface area contributed by atoms with Crippen LogP contribution in [-0.2, 0) is 24.3 Å². The summed E-state index contributed by atoms with van der Waals surface area (Å²) in [5, 5.41) is 0. The van der Waals surface area contributed by atoms with Gasteiger partial charge < -0.3 is 14.6 Å². The molecule has 1 aliphatic heterocycles. The average Bonchev–Trinajstić information content (AvgIpc) is 2.93. The molecule has 0 spiro atoms. The van der Waals surface area contributed by atoms with Crippen LogP contribution in [0.15, 0.2) is 24.5 Å². The first-order chi connectivity index (χ1) is 10.1. The van der Waals surface area contributed by atoms with E-state index >= 15 is 0 Å². The van der Waals surface area contributed by atoms with Crippen molar-refractivity contribution in [3.05, 3.63) is 52.6 Å². The number of H-pyrrole nitrogens is 1. The standard InChI is InChI=1S/C16H19N3O2/c1-11-3-4-13(12(2)7-11)9-21-16(20)19-6-5-14-15(8-19)18-10-17-14/h3-4,7,10H,5-6,8-9H2,1-2H3,(H,17,18). The van der Waals surface area contributed by atoms with Crippen LogP contribution in [0.3, 0.4) is 0 Å². The van der Waals surface area contributed by atoms with E-state index in [2.05, 4.69) is 23.0 Å². The highest BCUT2D eigenvalue weighted by Crippen LogP contribution is 2.17. The van der Waals surface area contributed by atoms with Crippen LogP contribution in [-0.4, -0.2) is 27.5 Å². The molecule has 1 N–H and O–H groups in total. The molecule has 1 amide bonds. The van der Waals surface area contributed by atoms with Crippen LogP contribution in [0.2, 0.25) is 0 Å². The van der Waals surface area contributed by atoms with Crippen molar-refractivity contribution in [2.24, 2.45) is 0 Å². The summed E-state index contributed by atoms with van der Waals surface area (Å²) in [7, 11) is 0. The van der Waals surface area contributed by atoms with E-state index in [1.165, 1.54) is 5.56 Å². The van der Waals surface area contributed by atoms with Gasteiger partial charge in [-0.1, -0.05) is 23.8 Å². The third kappa shape index (κ3) is 2.91. The van der Waals surface area contributed by atoms with Crippen molar-refractivity contribution in [1.29, 1.82) is 0 Å². The zero-order chi connectivity index (χ0) is 14.8. The van der Waals surface area contributed by atoms with E-state index < -0.39 is 0 Å². The molecule has 0 saturated carbocycles. The van der Waals surface area contributed by atoms with E-state index in [-0.39, 0.29) is 6.09 Å². The highest BCUT2D eigenvalue weighted by Gasteiger charge is 2.23. The molecule has 110 valence electrons. The molecule has 3 rings (SSSR count). The summed E-state index contributed by atoms with van der Waals surface area (Å²) in [4.78, 5) is 21.2. The van der Waals surface area contributed by atoms with Gasteiger partial charge in [0.2, 0.25) is 0 Å². The molecule has 21 heavy (non-hydrogen) atoms. The number of nitrogens with zero attached hydrogens (tertiary/aromatic N) is 2. The van der Waals surface area contributed by atoms with Crippen molar-refractivity contribution >= 4 is 6.09 Å². The van der Waals surface area contributed by atoms with E-state index in [0.29, 0.717) is 19.7 Å². The molecule has 5 nitrogen and oxygen atoms in total. The molecule has 1 aromatic carbocycles. The van der Waals surface area contributed by atoms with E-state index in [1.54, 1.807) is 11.2 Å². The summed E-state index contributed by atoms with van der Waals surface area (Å²) in [5.41, 5.74) is 5.47. The van der Waals surface area contributed by atoms with Crippen LogP contribution < -0.4 is 0 Å². The third-order valence-corrected chi connectivity index (χ3v) is 3.88. The molecule has 0 atom stereocenters. The van der Waals surface area contributed by atoms with E-state index in [1.807, 2.05) is 19.1 Å². The fraction of sp³-hybridized carbons (Fsp3) is 0.375. The van der Waals surface area contributed by atoms with Crippen molar-refractivity contribution < 1.29 is 9.53 Å². The molecule has 5 heteroatoms. The van der Waals surface area contributed by atoms with E-state index in [4.69, 9.17) is 4.74 Å². The van der Waals surface area contributed by atoms with Gasteiger partial charge in [-0.3, -0.25) is 0 Å². The molecule has 1 aromatic heterocycles. The maximum Gasteiger partial charge on any atom is 0.410 e. The molecule has 0 aliphatic carbocycles. The van der Waals surface area contributed by atoms with E-state index in [0.717, 1.165) is 28.9 Å². The Morgan fingerprint density at radius 2 is 2.29 bits per heavy atom. The third-order valence-electron chi connectivity index (χ3n) is 3.88. The zero-order valence-corrected chi connectivity index (χ0v) is 12.3. The molecular weight excluding hydrogens is 266 g/mol. The Morgan fingerprint density at radius 1 is 1.43 bits per heavy atom. The molecule has 2 aromatic rings. The topological polar surface area (TPSA) is 58.2 Å².